The lowest BCUT2D eigenvalue weighted by Crippen LogP contribution is -2.16. The number of methoxy groups -OCH3 is 1. The van der Waals surface area contributed by atoms with E-state index in [1.54, 1.807) is 42.5 Å². The predicted octanol–water partition coefficient (Wildman–Crippen LogP) is 4.13. The Labute approximate surface area is 158 Å². The molecule has 0 aliphatic carbocycles. The number of rotatable bonds is 6. The van der Waals surface area contributed by atoms with Gasteiger partial charge in [0.15, 0.2) is 0 Å². The topological polar surface area (TPSA) is 67.4 Å². The molecule has 0 aliphatic heterocycles. The first kappa shape index (κ1) is 18.2. The minimum Gasteiger partial charge on any atom is -0.495 e. The van der Waals surface area contributed by atoms with E-state index >= 15 is 0 Å². The van der Waals surface area contributed by atoms with Gasteiger partial charge in [0.05, 0.1) is 19.2 Å². The van der Waals surface area contributed by atoms with E-state index in [2.05, 4.69) is 10.6 Å². The lowest BCUT2D eigenvalue weighted by atomic mass is 10.1. The molecule has 5 nitrogen and oxygen atoms in total. The van der Waals surface area contributed by atoms with E-state index in [0.717, 1.165) is 5.56 Å². The van der Waals surface area contributed by atoms with Gasteiger partial charge in [0.2, 0.25) is 5.91 Å². The van der Waals surface area contributed by atoms with Crippen molar-refractivity contribution in [2.75, 3.05) is 17.7 Å². The van der Waals surface area contributed by atoms with Crippen LogP contribution in [0.25, 0.3) is 0 Å². The SMILES string of the molecule is COc1ccc(NC(=O)Cc2ccccc2)cc1NC(=O)c1ccccc1. The third kappa shape index (κ3) is 4.95. The molecule has 0 fully saturated rings. The van der Waals surface area contributed by atoms with Gasteiger partial charge >= 0.3 is 0 Å². The Hall–Kier alpha value is -3.60. The van der Waals surface area contributed by atoms with E-state index in [-0.39, 0.29) is 18.2 Å². The zero-order valence-corrected chi connectivity index (χ0v) is 14.9. The quantitative estimate of drug-likeness (QED) is 0.695. The minimum absolute atomic E-state index is 0.133. The smallest absolute Gasteiger partial charge is 0.255 e. The molecule has 0 spiro atoms. The van der Waals surface area contributed by atoms with Crippen LogP contribution in [0.1, 0.15) is 15.9 Å². The molecule has 3 aromatic rings. The van der Waals surface area contributed by atoms with Gasteiger partial charge in [0.25, 0.3) is 5.91 Å². The van der Waals surface area contributed by atoms with Gasteiger partial charge in [-0.25, -0.2) is 0 Å². The highest BCUT2D eigenvalue weighted by Gasteiger charge is 2.12. The largest absolute Gasteiger partial charge is 0.495 e. The number of carbonyl (C=O) groups excluding carboxylic acids is 2. The van der Waals surface area contributed by atoms with Gasteiger partial charge in [-0.3, -0.25) is 9.59 Å². The summed E-state index contributed by atoms with van der Waals surface area (Å²) < 4.78 is 5.31. The van der Waals surface area contributed by atoms with Crippen LogP contribution >= 0.6 is 0 Å². The van der Waals surface area contributed by atoms with E-state index in [1.165, 1.54) is 7.11 Å². The summed E-state index contributed by atoms with van der Waals surface area (Å²) in [6, 6.07) is 23.5. The number of ether oxygens (including phenoxy) is 1. The molecule has 0 aromatic heterocycles. The molecule has 136 valence electrons. The molecular weight excluding hydrogens is 340 g/mol. The van der Waals surface area contributed by atoms with Crippen molar-refractivity contribution < 1.29 is 14.3 Å². The Morgan fingerprint density at radius 1 is 0.852 bits per heavy atom. The molecule has 5 heteroatoms. The number of hydrogen-bond acceptors (Lipinski definition) is 3. The maximum absolute atomic E-state index is 12.4. The third-order valence-corrected chi connectivity index (χ3v) is 3.97. The number of nitrogens with one attached hydrogen (secondary N) is 2. The first-order chi connectivity index (χ1) is 13.2. The lowest BCUT2D eigenvalue weighted by Gasteiger charge is -2.13. The Balaban J connectivity index is 1.73. The molecule has 2 N–H and O–H groups in total. The first-order valence-corrected chi connectivity index (χ1v) is 8.54. The fourth-order valence-electron chi connectivity index (χ4n) is 2.65. The van der Waals surface area contributed by atoms with Crippen LogP contribution in [0.3, 0.4) is 0 Å². The Bertz CT molecular complexity index is 925. The Morgan fingerprint density at radius 3 is 2.19 bits per heavy atom. The van der Waals surface area contributed by atoms with E-state index < -0.39 is 0 Å². The minimum atomic E-state index is -0.248. The van der Waals surface area contributed by atoms with E-state index in [9.17, 15) is 9.59 Å². The van der Waals surface area contributed by atoms with E-state index in [4.69, 9.17) is 4.74 Å². The molecule has 27 heavy (non-hydrogen) atoms. The van der Waals surface area contributed by atoms with Gasteiger partial charge in [0.1, 0.15) is 5.75 Å². The highest BCUT2D eigenvalue weighted by atomic mass is 16.5. The summed E-state index contributed by atoms with van der Waals surface area (Å²) in [6.45, 7) is 0. The average Bonchev–Trinajstić information content (AvgIpc) is 2.69. The number of anilines is 2. The number of carbonyl (C=O) groups is 2. The van der Waals surface area contributed by atoms with Crippen molar-refractivity contribution in [3.8, 4) is 5.75 Å². The highest BCUT2D eigenvalue weighted by molar-refractivity contribution is 6.05. The average molecular weight is 360 g/mol. The second kappa shape index (κ2) is 8.67. The van der Waals surface area contributed by atoms with Crippen LogP contribution in [-0.4, -0.2) is 18.9 Å². The second-order valence-corrected chi connectivity index (χ2v) is 5.95. The van der Waals surface area contributed by atoms with Gasteiger partial charge in [-0.05, 0) is 35.9 Å². The molecule has 0 saturated carbocycles. The monoisotopic (exact) mass is 360 g/mol. The maximum atomic E-state index is 12.4. The van der Waals surface area contributed by atoms with Crippen molar-refractivity contribution in [2.24, 2.45) is 0 Å². The van der Waals surface area contributed by atoms with Gasteiger partial charge in [-0.2, -0.15) is 0 Å². The molecule has 3 rings (SSSR count). The third-order valence-electron chi connectivity index (χ3n) is 3.97. The predicted molar refractivity (Wildman–Crippen MR) is 106 cm³/mol. The molecular formula is C22H20N2O3. The maximum Gasteiger partial charge on any atom is 0.255 e. The number of amides is 2. The zero-order chi connectivity index (χ0) is 19.1. The van der Waals surface area contributed by atoms with Crippen molar-refractivity contribution in [3.63, 3.8) is 0 Å². The zero-order valence-electron chi connectivity index (χ0n) is 14.9. The van der Waals surface area contributed by atoms with Crippen LogP contribution in [0.4, 0.5) is 11.4 Å². The summed E-state index contributed by atoms with van der Waals surface area (Å²) in [6.07, 6.45) is 0.276. The summed E-state index contributed by atoms with van der Waals surface area (Å²) in [5, 5.41) is 5.68. The van der Waals surface area contributed by atoms with E-state index in [1.807, 2.05) is 36.4 Å². The van der Waals surface area contributed by atoms with Gasteiger partial charge in [-0.1, -0.05) is 48.5 Å². The van der Waals surface area contributed by atoms with Crippen molar-refractivity contribution in [1.82, 2.24) is 0 Å². The van der Waals surface area contributed by atoms with Crippen LogP contribution in [0.5, 0.6) is 5.75 Å². The molecule has 0 heterocycles. The van der Waals surface area contributed by atoms with Gasteiger partial charge in [-0.15, -0.1) is 0 Å². The van der Waals surface area contributed by atoms with E-state index in [0.29, 0.717) is 22.7 Å². The Kier molecular flexibility index (Phi) is 5.84. The van der Waals surface area contributed by atoms with Crippen LogP contribution in [0.15, 0.2) is 78.9 Å². The molecule has 0 radical (unpaired) electrons. The summed E-state index contributed by atoms with van der Waals surface area (Å²) in [4.78, 5) is 24.7. The summed E-state index contributed by atoms with van der Waals surface area (Å²) >= 11 is 0. The van der Waals surface area contributed by atoms with Crippen molar-refractivity contribution in [1.29, 1.82) is 0 Å². The van der Waals surface area contributed by atoms with Crippen molar-refractivity contribution in [3.05, 3.63) is 90.0 Å². The molecule has 0 bridgehead atoms. The molecule has 3 aromatic carbocycles. The first-order valence-electron chi connectivity index (χ1n) is 8.54. The molecule has 0 atom stereocenters. The lowest BCUT2D eigenvalue weighted by molar-refractivity contribution is -0.115. The van der Waals surface area contributed by atoms with Crippen LogP contribution in [0, 0.1) is 0 Å². The van der Waals surface area contributed by atoms with Crippen molar-refractivity contribution >= 4 is 23.2 Å². The molecule has 2 amide bonds. The van der Waals surface area contributed by atoms with Gasteiger partial charge in [0, 0.05) is 11.3 Å². The summed E-state index contributed by atoms with van der Waals surface area (Å²) in [7, 11) is 1.53. The summed E-state index contributed by atoms with van der Waals surface area (Å²) in [5.74, 6) is 0.133. The fourth-order valence-corrected chi connectivity index (χ4v) is 2.65. The van der Waals surface area contributed by atoms with Crippen LogP contribution < -0.4 is 15.4 Å². The summed E-state index contributed by atoms with van der Waals surface area (Å²) in [5.41, 5.74) is 2.54. The Morgan fingerprint density at radius 2 is 1.52 bits per heavy atom. The number of hydrogen-bond donors (Lipinski definition) is 2. The number of benzene rings is 3. The standard InChI is InChI=1S/C22H20N2O3/c1-27-20-13-12-18(23-21(25)14-16-8-4-2-5-9-16)15-19(20)24-22(26)17-10-6-3-7-11-17/h2-13,15H,14H2,1H3,(H,23,25)(H,24,26). The van der Waals surface area contributed by atoms with Crippen LogP contribution in [-0.2, 0) is 11.2 Å². The van der Waals surface area contributed by atoms with Crippen molar-refractivity contribution in [2.45, 2.75) is 6.42 Å². The van der Waals surface area contributed by atoms with Crippen LogP contribution in [0.2, 0.25) is 0 Å². The molecule has 0 unspecified atom stereocenters. The highest BCUT2D eigenvalue weighted by Crippen LogP contribution is 2.28. The molecule has 0 saturated heterocycles. The molecule has 0 aliphatic rings. The van der Waals surface area contributed by atoms with Gasteiger partial charge < -0.3 is 15.4 Å². The second-order valence-electron chi connectivity index (χ2n) is 5.95. The fraction of sp³-hybridized carbons (Fsp3) is 0.0909. The normalized spacial score (nSPS) is 10.1.